The van der Waals surface area contributed by atoms with E-state index in [-0.39, 0.29) is 0 Å². The summed E-state index contributed by atoms with van der Waals surface area (Å²) in [6.07, 6.45) is 5.28. The molecule has 1 aliphatic heterocycles. The first-order valence-electron chi connectivity index (χ1n) is 2.69. The molecule has 0 atom stereocenters. The van der Waals surface area contributed by atoms with E-state index in [0.29, 0.717) is 11.5 Å². The third-order valence-electron chi connectivity index (χ3n) is 0.864. The second-order valence-electron chi connectivity index (χ2n) is 1.90. The Kier molecular flexibility index (Phi) is 2.15. The highest BCUT2D eigenvalue weighted by atomic mass is 33.1. The van der Waals surface area contributed by atoms with Gasteiger partial charge in [0, 0.05) is 29.7 Å². The molecule has 0 aliphatic carbocycles. The molecule has 1 rings (SSSR count). The Labute approximate surface area is 63.5 Å². The summed E-state index contributed by atoms with van der Waals surface area (Å²) in [4.78, 5) is 3.84. The largest absolute Gasteiger partial charge is 0.253 e. The maximum Gasteiger partial charge on any atom is 0.204 e. The monoisotopic (exact) mass is 177 g/mol. The Morgan fingerprint density at radius 2 is 2.40 bits per heavy atom. The van der Waals surface area contributed by atoms with Crippen molar-refractivity contribution in [2.45, 2.75) is 6.42 Å². The van der Waals surface area contributed by atoms with Gasteiger partial charge in [-0.2, -0.15) is 0 Å². The highest BCUT2D eigenvalue weighted by molar-refractivity contribution is 8.77. The Bertz CT molecular complexity index is 276. The molecular formula is C5H7NO2S2. The van der Waals surface area contributed by atoms with E-state index in [1.54, 1.807) is 6.20 Å². The number of hydrogen-bond donors (Lipinski definition) is 0. The minimum absolute atomic E-state index is 0.651. The first kappa shape index (κ1) is 7.81. The van der Waals surface area contributed by atoms with Gasteiger partial charge in [-0.15, -0.1) is 0 Å². The zero-order valence-electron chi connectivity index (χ0n) is 5.44. The van der Waals surface area contributed by atoms with Crippen molar-refractivity contribution in [2.24, 2.45) is 4.99 Å². The van der Waals surface area contributed by atoms with Crippen molar-refractivity contribution in [3.63, 3.8) is 0 Å². The lowest BCUT2D eigenvalue weighted by Gasteiger charge is -1.93. The van der Waals surface area contributed by atoms with Crippen molar-refractivity contribution in [3.8, 4) is 0 Å². The van der Waals surface area contributed by atoms with E-state index in [2.05, 4.69) is 4.99 Å². The van der Waals surface area contributed by atoms with Gasteiger partial charge in [-0.25, -0.2) is 8.42 Å². The predicted molar refractivity (Wildman–Crippen MR) is 43.6 cm³/mol. The summed E-state index contributed by atoms with van der Waals surface area (Å²) in [6.45, 7) is 0. The quantitative estimate of drug-likeness (QED) is 0.561. The van der Waals surface area contributed by atoms with Crippen LogP contribution in [0.4, 0.5) is 0 Å². The van der Waals surface area contributed by atoms with Crippen LogP contribution >= 0.6 is 10.8 Å². The van der Waals surface area contributed by atoms with Crippen molar-refractivity contribution >= 4 is 24.7 Å². The minimum atomic E-state index is -2.96. The second kappa shape index (κ2) is 2.75. The van der Waals surface area contributed by atoms with Gasteiger partial charge in [-0.1, -0.05) is 6.08 Å². The van der Waals surface area contributed by atoms with Crippen LogP contribution in [0.3, 0.4) is 0 Å². The molecule has 0 radical (unpaired) electrons. The highest BCUT2D eigenvalue weighted by Gasteiger charge is 2.09. The van der Waals surface area contributed by atoms with E-state index in [1.807, 2.05) is 6.08 Å². The van der Waals surface area contributed by atoms with Gasteiger partial charge < -0.3 is 0 Å². The van der Waals surface area contributed by atoms with E-state index in [1.165, 1.54) is 6.26 Å². The fourth-order valence-electron chi connectivity index (χ4n) is 0.572. The summed E-state index contributed by atoms with van der Waals surface area (Å²) in [7, 11) is -2.14. The zero-order valence-corrected chi connectivity index (χ0v) is 7.08. The Hall–Kier alpha value is -0.290. The summed E-state index contributed by atoms with van der Waals surface area (Å²) >= 11 is 0. The molecule has 3 nitrogen and oxygen atoms in total. The molecule has 5 heteroatoms. The van der Waals surface area contributed by atoms with Crippen molar-refractivity contribution < 1.29 is 8.42 Å². The molecule has 0 saturated carbocycles. The van der Waals surface area contributed by atoms with E-state index in [0.717, 1.165) is 10.8 Å². The maximum atomic E-state index is 10.6. The third-order valence-corrected chi connectivity index (χ3v) is 3.12. The SMILES string of the molecule is CS(=O)(=O)SC1=NC=CC1. The van der Waals surface area contributed by atoms with E-state index >= 15 is 0 Å². The van der Waals surface area contributed by atoms with E-state index < -0.39 is 8.87 Å². The fourth-order valence-corrected chi connectivity index (χ4v) is 2.57. The first-order valence-corrected chi connectivity index (χ1v) is 5.91. The van der Waals surface area contributed by atoms with Crippen LogP contribution in [0.15, 0.2) is 17.3 Å². The molecule has 0 spiro atoms. The molecule has 10 heavy (non-hydrogen) atoms. The molecule has 1 heterocycles. The fraction of sp³-hybridized carbons (Fsp3) is 0.400. The van der Waals surface area contributed by atoms with Crippen LogP contribution in [0.1, 0.15) is 6.42 Å². The van der Waals surface area contributed by atoms with Crippen LogP contribution < -0.4 is 0 Å². The summed E-state index contributed by atoms with van der Waals surface area (Å²) in [5, 5.41) is 0.655. The van der Waals surface area contributed by atoms with E-state index in [4.69, 9.17) is 0 Å². The van der Waals surface area contributed by atoms with Gasteiger partial charge >= 0.3 is 0 Å². The summed E-state index contributed by atoms with van der Waals surface area (Å²) < 4.78 is 21.3. The van der Waals surface area contributed by atoms with Crippen LogP contribution in [0.5, 0.6) is 0 Å². The highest BCUT2D eigenvalue weighted by Crippen LogP contribution is 2.18. The number of allylic oxidation sites excluding steroid dienone is 1. The standard InChI is InChI=1S/C5H7NO2S2/c1-10(7,8)9-5-3-2-4-6-5/h2,4H,3H2,1H3. The van der Waals surface area contributed by atoms with Crippen LogP contribution in [-0.2, 0) is 8.87 Å². The summed E-state index contributed by atoms with van der Waals surface area (Å²) in [5.41, 5.74) is 0. The van der Waals surface area contributed by atoms with Crippen molar-refractivity contribution in [3.05, 3.63) is 12.3 Å². The van der Waals surface area contributed by atoms with Gasteiger partial charge in [0.2, 0.25) is 8.87 Å². The van der Waals surface area contributed by atoms with Crippen molar-refractivity contribution in [1.29, 1.82) is 0 Å². The van der Waals surface area contributed by atoms with Crippen LogP contribution in [0.2, 0.25) is 0 Å². The predicted octanol–water partition coefficient (Wildman–Crippen LogP) is 0.995. The lowest BCUT2D eigenvalue weighted by Crippen LogP contribution is -1.94. The lowest BCUT2D eigenvalue weighted by molar-refractivity contribution is 0.616. The smallest absolute Gasteiger partial charge is 0.204 e. The Morgan fingerprint density at radius 3 is 2.80 bits per heavy atom. The molecule has 0 bridgehead atoms. The normalized spacial score (nSPS) is 17.5. The Morgan fingerprint density at radius 1 is 1.70 bits per heavy atom. The number of aliphatic imine (C=N–C) groups is 1. The molecule has 56 valence electrons. The molecule has 0 unspecified atom stereocenters. The van der Waals surface area contributed by atoms with Gasteiger partial charge in [0.1, 0.15) is 0 Å². The second-order valence-corrected chi connectivity index (χ2v) is 6.26. The van der Waals surface area contributed by atoms with Crippen molar-refractivity contribution in [1.82, 2.24) is 0 Å². The maximum absolute atomic E-state index is 10.6. The topological polar surface area (TPSA) is 46.5 Å². The number of rotatable bonds is 1. The molecule has 0 aromatic heterocycles. The molecule has 1 aliphatic rings. The van der Waals surface area contributed by atoms with Gasteiger partial charge in [0.25, 0.3) is 0 Å². The number of hydrogen-bond acceptors (Lipinski definition) is 4. The lowest BCUT2D eigenvalue weighted by atomic mass is 10.5. The molecule has 0 aromatic carbocycles. The average Bonchev–Trinajstić information content (AvgIpc) is 2.12. The average molecular weight is 177 g/mol. The molecule has 0 N–H and O–H groups in total. The van der Waals surface area contributed by atoms with Crippen molar-refractivity contribution in [2.75, 3.05) is 6.26 Å². The molecule has 0 saturated heterocycles. The van der Waals surface area contributed by atoms with Gasteiger partial charge in [0.05, 0.1) is 5.04 Å². The summed E-state index contributed by atoms with van der Waals surface area (Å²) in [6, 6.07) is 0. The van der Waals surface area contributed by atoms with Crippen LogP contribution in [0.25, 0.3) is 0 Å². The summed E-state index contributed by atoms with van der Waals surface area (Å²) in [5.74, 6) is 0. The first-order chi connectivity index (χ1) is 4.58. The van der Waals surface area contributed by atoms with E-state index in [9.17, 15) is 8.42 Å². The molecule has 0 fully saturated rings. The Balaban J connectivity index is 2.57. The van der Waals surface area contributed by atoms with Gasteiger partial charge in [-0.05, 0) is 0 Å². The number of nitrogens with zero attached hydrogens (tertiary/aromatic N) is 1. The third kappa shape index (κ3) is 2.53. The molecular weight excluding hydrogens is 170 g/mol. The van der Waals surface area contributed by atoms with Gasteiger partial charge in [-0.3, -0.25) is 4.99 Å². The molecule has 0 amide bonds. The molecule has 0 aromatic rings. The van der Waals surface area contributed by atoms with Gasteiger partial charge in [0.15, 0.2) is 0 Å². The minimum Gasteiger partial charge on any atom is -0.253 e. The zero-order chi connectivity index (χ0) is 7.61. The van der Waals surface area contributed by atoms with Crippen LogP contribution in [0, 0.1) is 0 Å². The van der Waals surface area contributed by atoms with Crippen LogP contribution in [-0.4, -0.2) is 19.7 Å².